The van der Waals surface area contributed by atoms with E-state index in [0.29, 0.717) is 18.4 Å². The normalized spacial score (nSPS) is 22.2. The molecule has 0 aromatic carbocycles. The lowest BCUT2D eigenvalue weighted by Gasteiger charge is -2.34. The first-order valence-corrected chi connectivity index (χ1v) is 6.50. The number of aromatic nitrogens is 1. The van der Waals surface area contributed by atoms with Crippen LogP contribution in [0.4, 0.5) is 0 Å². The third kappa shape index (κ3) is 3.07. The molecule has 1 N–H and O–H groups in total. The van der Waals surface area contributed by atoms with Gasteiger partial charge < -0.3 is 14.4 Å². The van der Waals surface area contributed by atoms with Crippen molar-refractivity contribution in [1.29, 1.82) is 0 Å². The standard InChI is InChI=1S/C13H22N2O2/c1-10(2)15-6-3-4-11(8-15)13-14-12(5-7-16)9-17-13/h9-11,16H,3-8H2,1-2H3. The average molecular weight is 238 g/mol. The Morgan fingerprint density at radius 1 is 1.59 bits per heavy atom. The maximum absolute atomic E-state index is 8.86. The monoisotopic (exact) mass is 238 g/mol. The van der Waals surface area contributed by atoms with Crippen molar-refractivity contribution in [3.8, 4) is 0 Å². The third-order valence-corrected chi connectivity index (χ3v) is 3.47. The molecule has 0 aliphatic carbocycles. The molecule has 1 aromatic heterocycles. The third-order valence-electron chi connectivity index (χ3n) is 3.47. The van der Waals surface area contributed by atoms with E-state index < -0.39 is 0 Å². The van der Waals surface area contributed by atoms with Gasteiger partial charge in [0.2, 0.25) is 0 Å². The van der Waals surface area contributed by atoms with Crippen LogP contribution in [-0.4, -0.2) is 40.7 Å². The summed E-state index contributed by atoms with van der Waals surface area (Å²) in [5.74, 6) is 1.26. The Morgan fingerprint density at radius 2 is 2.41 bits per heavy atom. The van der Waals surface area contributed by atoms with E-state index in [-0.39, 0.29) is 6.61 Å². The second-order valence-corrected chi connectivity index (χ2v) is 5.08. The quantitative estimate of drug-likeness (QED) is 0.869. The van der Waals surface area contributed by atoms with Gasteiger partial charge in [0.1, 0.15) is 6.26 Å². The van der Waals surface area contributed by atoms with Gasteiger partial charge in [-0.3, -0.25) is 0 Å². The van der Waals surface area contributed by atoms with Crippen LogP contribution in [0.5, 0.6) is 0 Å². The van der Waals surface area contributed by atoms with Gasteiger partial charge in [-0.25, -0.2) is 4.98 Å². The SMILES string of the molecule is CC(C)N1CCCC(c2nc(CCO)co2)C1. The summed E-state index contributed by atoms with van der Waals surface area (Å²) in [7, 11) is 0. The van der Waals surface area contributed by atoms with Crippen molar-refractivity contribution in [3.05, 3.63) is 17.8 Å². The largest absolute Gasteiger partial charge is 0.448 e. The predicted octanol–water partition coefficient (Wildman–Crippen LogP) is 1.80. The van der Waals surface area contributed by atoms with Crippen LogP contribution in [0.15, 0.2) is 10.7 Å². The Kier molecular flexibility index (Phi) is 4.18. The van der Waals surface area contributed by atoms with Crippen LogP contribution in [0.25, 0.3) is 0 Å². The molecule has 0 amide bonds. The van der Waals surface area contributed by atoms with Gasteiger partial charge in [-0.05, 0) is 33.2 Å². The molecule has 0 saturated carbocycles. The Morgan fingerprint density at radius 3 is 3.12 bits per heavy atom. The average Bonchev–Trinajstić information content (AvgIpc) is 2.78. The summed E-state index contributed by atoms with van der Waals surface area (Å²) in [5, 5.41) is 8.86. The first-order valence-electron chi connectivity index (χ1n) is 6.50. The van der Waals surface area contributed by atoms with Crippen LogP contribution < -0.4 is 0 Å². The van der Waals surface area contributed by atoms with Gasteiger partial charge in [0, 0.05) is 31.5 Å². The fourth-order valence-electron chi connectivity index (χ4n) is 2.42. The molecule has 1 unspecified atom stereocenters. The highest BCUT2D eigenvalue weighted by molar-refractivity contribution is 5.03. The number of aliphatic hydroxyl groups is 1. The molecule has 96 valence electrons. The van der Waals surface area contributed by atoms with Gasteiger partial charge in [-0.1, -0.05) is 0 Å². The zero-order chi connectivity index (χ0) is 12.3. The number of likely N-dealkylation sites (tertiary alicyclic amines) is 1. The summed E-state index contributed by atoms with van der Waals surface area (Å²) < 4.78 is 5.54. The molecule has 2 heterocycles. The van der Waals surface area contributed by atoms with E-state index in [9.17, 15) is 0 Å². The molecule has 0 spiro atoms. The van der Waals surface area contributed by atoms with E-state index in [1.165, 1.54) is 13.0 Å². The van der Waals surface area contributed by atoms with E-state index in [1.54, 1.807) is 6.26 Å². The molecule has 1 aliphatic heterocycles. The first-order chi connectivity index (χ1) is 8.20. The van der Waals surface area contributed by atoms with Crippen LogP contribution in [0.2, 0.25) is 0 Å². The molecule has 2 rings (SSSR count). The molecular weight excluding hydrogens is 216 g/mol. The first kappa shape index (κ1) is 12.6. The van der Waals surface area contributed by atoms with Gasteiger partial charge >= 0.3 is 0 Å². The van der Waals surface area contributed by atoms with Crippen LogP contribution in [0.1, 0.15) is 44.2 Å². The van der Waals surface area contributed by atoms with Gasteiger partial charge in [0.05, 0.1) is 5.69 Å². The lowest BCUT2D eigenvalue weighted by molar-refractivity contribution is 0.157. The molecule has 4 heteroatoms. The number of rotatable bonds is 4. The Hall–Kier alpha value is -0.870. The van der Waals surface area contributed by atoms with Gasteiger partial charge in [0.15, 0.2) is 5.89 Å². The molecule has 1 fully saturated rings. The number of oxazole rings is 1. The molecule has 4 nitrogen and oxygen atoms in total. The van der Waals surface area contributed by atoms with Crippen LogP contribution >= 0.6 is 0 Å². The summed E-state index contributed by atoms with van der Waals surface area (Å²) in [5.41, 5.74) is 0.865. The van der Waals surface area contributed by atoms with Crippen molar-refractivity contribution in [2.24, 2.45) is 0 Å². The zero-order valence-electron chi connectivity index (χ0n) is 10.7. The van der Waals surface area contributed by atoms with E-state index >= 15 is 0 Å². The van der Waals surface area contributed by atoms with Crippen LogP contribution in [-0.2, 0) is 6.42 Å². The highest BCUT2D eigenvalue weighted by atomic mass is 16.3. The Bertz CT molecular complexity index is 349. The summed E-state index contributed by atoms with van der Waals surface area (Å²) in [6, 6.07) is 0.588. The predicted molar refractivity (Wildman–Crippen MR) is 66.0 cm³/mol. The maximum Gasteiger partial charge on any atom is 0.198 e. The van der Waals surface area contributed by atoms with Gasteiger partial charge in [0.25, 0.3) is 0 Å². The topological polar surface area (TPSA) is 49.5 Å². The number of piperidine rings is 1. The minimum absolute atomic E-state index is 0.134. The van der Waals surface area contributed by atoms with Crippen molar-refractivity contribution in [3.63, 3.8) is 0 Å². The molecule has 1 atom stereocenters. The van der Waals surface area contributed by atoms with E-state index in [1.807, 2.05) is 0 Å². The highest BCUT2D eigenvalue weighted by Crippen LogP contribution is 2.27. The lowest BCUT2D eigenvalue weighted by atomic mass is 9.97. The summed E-state index contributed by atoms with van der Waals surface area (Å²) >= 11 is 0. The number of aliphatic hydroxyl groups excluding tert-OH is 1. The second kappa shape index (κ2) is 5.65. The van der Waals surface area contributed by atoms with Crippen molar-refractivity contribution in [2.75, 3.05) is 19.7 Å². The zero-order valence-corrected chi connectivity index (χ0v) is 10.7. The van der Waals surface area contributed by atoms with Crippen LogP contribution in [0.3, 0.4) is 0 Å². The number of hydrogen-bond acceptors (Lipinski definition) is 4. The van der Waals surface area contributed by atoms with Crippen molar-refractivity contribution in [1.82, 2.24) is 9.88 Å². The molecule has 1 aromatic rings. The van der Waals surface area contributed by atoms with Gasteiger partial charge in [-0.15, -0.1) is 0 Å². The maximum atomic E-state index is 8.86. The fraction of sp³-hybridized carbons (Fsp3) is 0.769. The number of hydrogen-bond donors (Lipinski definition) is 1. The van der Waals surface area contributed by atoms with Crippen LogP contribution in [0, 0.1) is 0 Å². The summed E-state index contributed by atoms with van der Waals surface area (Å²) in [6.45, 7) is 6.81. The number of nitrogens with zero attached hydrogens (tertiary/aromatic N) is 2. The molecule has 1 saturated heterocycles. The minimum Gasteiger partial charge on any atom is -0.448 e. The minimum atomic E-state index is 0.134. The van der Waals surface area contributed by atoms with E-state index in [2.05, 4.69) is 23.7 Å². The van der Waals surface area contributed by atoms with Crippen molar-refractivity contribution >= 4 is 0 Å². The molecule has 0 radical (unpaired) electrons. The van der Waals surface area contributed by atoms with Crippen molar-refractivity contribution in [2.45, 2.75) is 45.1 Å². The lowest BCUT2D eigenvalue weighted by Crippen LogP contribution is -2.39. The fourth-order valence-corrected chi connectivity index (χ4v) is 2.42. The van der Waals surface area contributed by atoms with E-state index in [4.69, 9.17) is 9.52 Å². The molecule has 17 heavy (non-hydrogen) atoms. The Balaban J connectivity index is 2.00. The second-order valence-electron chi connectivity index (χ2n) is 5.08. The van der Waals surface area contributed by atoms with Crippen molar-refractivity contribution < 1.29 is 9.52 Å². The smallest absolute Gasteiger partial charge is 0.198 e. The Labute approximate surface area is 103 Å². The van der Waals surface area contributed by atoms with Gasteiger partial charge in [-0.2, -0.15) is 0 Å². The highest BCUT2D eigenvalue weighted by Gasteiger charge is 2.26. The van der Waals surface area contributed by atoms with E-state index in [0.717, 1.165) is 24.6 Å². The molecular formula is C13H22N2O2. The molecule has 0 bridgehead atoms. The molecule has 1 aliphatic rings. The summed E-state index contributed by atoms with van der Waals surface area (Å²) in [6.07, 6.45) is 4.63. The summed E-state index contributed by atoms with van der Waals surface area (Å²) in [4.78, 5) is 6.94.